The van der Waals surface area contributed by atoms with Gasteiger partial charge in [0.1, 0.15) is 0 Å². The third-order valence-corrected chi connectivity index (χ3v) is 0.885. The van der Waals surface area contributed by atoms with E-state index in [9.17, 15) is 0 Å². The van der Waals surface area contributed by atoms with Crippen LogP contribution in [0.4, 0.5) is 5.69 Å². The van der Waals surface area contributed by atoms with Gasteiger partial charge < -0.3 is 0 Å². The molecule has 0 heterocycles. The van der Waals surface area contributed by atoms with Gasteiger partial charge in [0, 0.05) is 29.6 Å². The molecule has 1 nitrogen and oxygen atoms in total. The van der Waals surface area contributed by atoms with Crippen molar-refractivity contribution >= 4 is 35.2 Å². The number of benzene rings is 1. The molecule has 1 aromatic rings. The summed E-state index contributed by atoms with van der Waals surface area (Å²) in [5.41, 5.74) is 0.701. The Morgan fingerprint density at radius 2 is 1.67 bits per heavy atom. The molecule has 0 saturated heterocycles. The van der Waals surface area contributed by atoms with E-state index in [4.69, 9.17) is 6.57 Å². The van der Waals surface area contributed by atoms with Gasteiger partial charge in [-0.25, -0.2) is 4.85 Å². The summed E-state index contributed by atoms with van der Waals surface area (Å²) in [7, 11) is 0. The first-order valence-corrected chi connectivity index (χ1v) is 2.36. The van der Waals surface area contributed by atoms with Crippen molar-refractivity contribution in [1.82, 2.24) is 0 Å². The average molecular weight is 126 g/mol. The molecule has 0 saturated carbocycles. The SMILES string of the molecule is [C-]#[N+]c1ccccc1.[Na]. The van der Waals surface area contributed by atoms with Crippen molar-refractivity contribution in [3.8, 4) is 0 Å². The molecule has 1 radical (unpaired) electrons. The van der Waals surface area contributed by atoms with E-state index in [1.165, 1.54) is 0 Å². The van der Waals surface area contributed by atoms with E-state index in [2.05, 4.69) is 4.85 Å². The monoisotopic (exact) mass is 126 g/mol. The molecule has 1 aromatic carbocycles. The third-order valence-electron chi connectivity index (χ3n) is 0.885. The van der Waals surface area contributed by atoms with Crippen LogP contribution >= 0.6 is 0 Å². The minimum absolute atomic E-state index is 0. The van der Waals surface area contributed by atoms with Crippen LogP contribution in [0.5, 0.6) is 0 Å². The standard InChI is InChI=1S/C7H5N.Na/c1-8-7-5-3-2-4-6-7;/h2-6H;. The second-order valence-electron chi connectivity index (χ2n) is 1.45. The van der Waals surface area contributed by atoms with E-state index < -0.39 is 0 Å². The quantitative estimate of drug-likeness (QED) is 0.369. The zero-order valence-corrected chi connectivity index (χ0v) is 7.33. The van der Waals surface area contributed by atoms with E-state index in [0.29, 0.717) is 5.69 Å². The molecule has 0 bridgehead atoms. The van der Waals surface area contributed by atoms with E-state index in [1.54, 1.807) is 12.1 Å². The molecule has 0 fully saturated rings. The Labute approximate surface area is 76.8 Å². The van der Waals surface area contributed by atoms with E-state index in [1.807, 2.05) is 18.2 Å². The Balaban J connectivity index is 0.000000640. The van der Waals surface area contributed by atoms with Gasteiger partial charge in [-0.3, -0.25) is 0 Å². The van der Waals surface area contributed by atoms with Gasteiger partial charge in [0.25, 0.3) is 0 Å². The first kappa shape index (κ1) is 8.71. The summed E-state index contributed by atoms with van der Waals surface area (Å²) in [6, 6.07) is 9.18. The largest absolute Gasteiger partial charge is 0.238 e. The maximum absolute atomic E-state index is 6.57. The Morgan fingerprint density at radius 3 is 2.00 bits per heavy atom. The Morgan fingerprint density at radius 1 is 1.11 bits per heavy atom. The fraction of sp³-hybridized carbons (Fsp3) is 0. The number of hydrogen-bond acceptors (Lipinski definition) is 0. The summed E-state index contributed by atoms with van der Waals surface area (Å²) in [5.74, 6) is 0. The second-order valence-corrected chi connectivity index (χ2v) is 1.45. The molecule has 1 rings (SSSR count). The minimum Gasteiger partial charge on any atom is -0.238 e. The predicted octanol–water partition coefficient (Wildman–Crippen LogP) is 1.86. The fourth-order valence-corrected chi connectivity index (χ4v) is 0.503. The van der Waals surface area contributed by atoms with Gasteiger partial charge >= 0.3 is 0 Å². The molecule has 0 aliphatic rings. The van der Waals surface area contributed by atoms with Gasteiger partial charge in [-0.2, -0.15) is 0 Å². The fourth-order valence-electron chi connectivity index (χ4n) is 0.503. The summed E-state index contributed by atoms with van der Waals surface area (Å²) in [4.78, 5) is 3.22. The second kappa shape index (κ2) is 4.58. The van der Waals surface area contributed by atoms with Crippen LogP contribution in [0.3, 0.4) is 0 Å². The molecule has 0 atom stereocenters. The Hall–Kier alpha value is -0.290. The zero-order valence-electron chi connectivity index (χ0n) is 5.33. The van der Waals surface area contributed by atoms with E-state index in [-0.39, 0.29) is 29.6 Å². The van der Waals surface area contributed by atoms with Gasteiger partial charge in [-0.05, 0) is 0 Å². The number of para-hydroxylation sites is 1. The smallest absolute Gasteiger partial charge is 0.187 e. The van der Waals surface area contributed by atoms with Gasteiger partial charge in [0.05, 0.1) is 6.57 Å². The van der Waals surface area contributed by atoms with Gasteiger partial charge in [0.15, 0.2) is 5.69 Å². The van der Waals surface area contributed by atoms with Gasteiger partial charge in [0.2, 0.25) is 0 Å². The first-order valence-electron chi connectivity index (χ1n) is 2.36. The van der Waals surface area contributed by atoms with Crippen LogP contribution in [-0.4, -0.2) is 29.6 Å². The topological polar surface area (TPSA) is 4.36 Å². The van der Waals surface area contributed by atoms with Crippen LogP contribution in [0, 0.1) is 6.57 Å². The zero-order chi connectivity index (χ0) is 5.82. The van der Waals surface area contributed by atoms with Gasteiger partial charge in [-0.1, -0.05) is 30.3 Å². The van der Waals surface area contributed by atoms with Crippen molar-refractivity contribution in [2.75, 3.05) is 0 Å². The summed E-state index contributed by atoms with van der Waals surface area (Å²) in [6.45, 7) is 6.57. The molecule has 9 heavy (non-hydrogen) atoms. The molecule has 0 aromatic heterocycles. The third kappa shape index (κ3) is 2.67. The average Bonchev–Trinajstić information content (AvgIpc) is 1.90. The molecule has 0 aliphatic heterocycles. The maximum Gasteiger partial charge on any atom is 0.187 e. The summed E-state index contributed by atoms with van der Waals surface area (Å²) >= 11 is 0. The van der Waals surface area contributed by atoms with Crippen molar-refractivity contribution in [2.45, 2.75) is 0 Å². The van der Waals surface area contributed by atoms with Gasteiger partial charge in [-0.15, -0.1) is 0 Å². The molecule has 2 heteroatoms. The van der Waals surface area contributed by atoms with E-state index >= 15 is 0 Å². The molecule has 0 spiro atoms. The van der Waals surface area contributed by atoms with Crippen molar-refractivity contribution in [2.24, 2.45) is 0 Å². The number of rotatable bonds is 0. The summed E-state index contributed by atoms with van der Waals surface area (Å²) in [5, 5.41) is 0. The maximum atomic E-state index is 6.57. The molecular formula is C7H5NNa. The van der Waals surface area contributed by atoms with Crippen LogP contribution in [-0.2, 0) is 0 Å². The molecule has 0 unspecified atom stereocenters. The van der Waals surface area contributed by atoms with Crippen molar-refractivity contribution in [1.29, 1.82) is 0 Å². The first-order chi connectivity index (χ1) is 3.93. The molecule has 0 amide bonds. The summed E-state index contributed by atoms with van der Waals surface area (Å²) < 4.78 is 0. The van der Waals surface area contributed by atoms with Crippen LogP contribution in [0.15, 0.2) is 30.3 Å². The minimum atomic E-state index is 0. The molecule has 0 N–H and O–H groups in total. The van der Waals surface area contributed by atoms with Crippen molar-refractivity contribution in [3.63, 3.8) is 0 Å². The van der Waals surface area contributed by atoms with Crippen LogP contribution in [0.2, 0.25) is 0 Å². The number of hydrogen-bond donors (Lipinski definition) is 0. The molecule has 39 valence electrons. The summed E-state index contributed by atoms with van der Waals surface area (Å²) in [6.07, 6.45) is 0. The molecule has 0 aliphatic carbocycles. The van der Waals surface area contributed by atoms with Crippen molar-refractivity contribution in [3.05, 3.63) is 41.7 Å². The van der Waals surface area contributed by atoms with Crippen LogP contribution < -0.4 is 0 Å². The van der Waals surface area contributed by atoms with E-state index in [0.717, 1.165) is 0 Å². The predicted molar refractivity (Wildman–Crippen MR) is 38.5 cm³/mol. The van der Waals surface area contributed by atoms with Crippen molar-refractivity contribution < 1.29 is 0 Å². The normalized spacial score (nSPS) is 7.00. The van der Waals surface area contributed by atoms with Crippen LogP contribution in [0.1, 0.15) is 0 Å². The van der Waals surface area contributed by atoms with Crippen LogP contribution in [0.25, 0.3) is 4.85 Å². The number of nitrogens with zero attached hydrogens (tertiary/aromatic N) is 1. The Bertz CT molecular complexity index is 200. The molecular weight excluding hydrogens is 121 g/mol. The Kier molecular flexibility index (Phi) is 4.43.